The van der Waals surface area contributed by atoms with Crippen LogP contribution in [0.1, 0.15) is 56.6 Å². The van der Waals surface area contributed by atoms with E-state index in [9.17, 15) is 18.0 Å². The van der Waals surface area contributed by atoms with Crippen molar-refractivity contribution in [2.45, 2.75) is 71.0 Å². The number of nitrogens with zero attached hydrogens (tertiary/aromatic N) is 2. The van der Waals surface area contributed by atoms with Crippen LogP contribution in [0.15, 0.2) is 48.5 Å². The molecule has 2 aromatic carbocycles. The van der Waals surface area contributed by atoms with E-state index in [1.165, 1.54) is 11.3 Å². The fraction of sp³-hybridized carbons (Fsp3) is 0.481. The predicted octanol–water partition coefficient (Wildman–Crippen LogP) is 4.67. The molecular weight excluding hydrogens is 498 g/mol. The van der Waals surface area contributed by atoms with Gasteiger partial charge in [0, 0.05) is 12.6 Å². The third-order valence-corrected chi connectivity index (χ3v) is 8.02. The third-order valence-electron chi connectivity index (χ3n) is 6.57. The molecule has 1 aliphatic carbocycles. The number of nitrogens with one attached hydrogen (secondary N) is 1. The summed E-state index contributed by atoms with van der Waals surface area (Å²) in [5, 5.41) is 3.37. The molecule has 0 spiro atoms. The topological polar surface area (TPSA) is 86.8 Å². The molecule has 196 valence electrons. The summed E-state index contributed by atoms with van der Waals surface area (Å²) in [5.41, 5.74) is 2.13. The number of sulfonamides is 1. The number of rotatable bonds is 10. The molecule has 36 heavy (non-hydrogen) atoms. The highest BCUT2D eigenvalue weighted by Crippen LogP contribution is 2.28. The zero-order valence-electron chi connectivity index (χ0n) is 21.2. The summed E-state index contributed by atoms with van der Waals surface area (Å²) in [6, 6.07) is 13.6. The van der Waals surface area contributed by atoms with Crippen LogP contribution in [-0.4, -0.2) is 50.0 Å². The van der Waals surface area contributed by atoms with E-state index in [0.29, 0.717) is 6.42 Å². The minimum absolute atomic E-state index is 0.104. The standard InChI is InChI=1S/C27H36ClN3O4S/c1-4-24(27(33)29-22-13-6-5-7-14-22)30(18-21-12-10-11-20(2)17-21)26(32)19-31(36(3,34)35)25-16-9-8-15-23(25)28/h8-12,15-17,22,24H,4-7,13-14,18-19H2,1-3H3,(H,29,33)/t24-/m0/s1. The molecule has 1 fully saturated rings. The van der Waals surface area contributed by atoms with Crippen LogP contribution in [-0.2, 0) is 26.2 Å². The van der Waals surface area contributed by atoms with Gasteiger partial charge >= 0.3 is 0 Å². The van der Waals surface area contributed by atoms with Crippen LogP contribution in [0, 0.1) is 6.92 Å². The lowest BCUT2D eigenvalue weighted by molar-refractivity contribution is -0.140. The van der Waals surface area contributed by atoms with Gasteiger partial charge in [0.05, 0.1) is 17.0 Å². The largest absolute Gasteiger partial charge is 0.352 e. The number of hydrogen-bond donors (Lipinski definition) is 1. The fourth-order valence-corrected chi connectivity index (χ4v) is 5.87. The second-order valence-electron chi connectivity index (χ2n) is 9.50. The fourth-order valence-electron chi connectivity index (χ4n) is 4.72. The smallest absolute Gasteiger partial charge is 0.244 e. The number of para-hydroxylation sites is 1. The van der Waals surface area contributed by atoms with Crippen molar-refractivity contribution in [3.8, 4) is 0 Å². The average Bonchev–Trinajstić information content (AvgIpc) is 2.83. The van der Waals surface area contributed by atoms with Crippen LogP contribution in [0.25, 0.3) is 0 Å². The molecule has 2 aromatic rings. The summed E-state index contributed by atoms with van der Waals surface area (Å²) in [7, 11) is -3.82. The lowest BCUT2D eigenvalue weighted by atomic mass is 9.95. The highest BCUT2D eigenvalue weighted by Gasteiger charge is 2.33. The SMILES string of the molecule is CC[C@@H](C(=O)NC1CCCCC1)N(Cc1cccc(C)c1)C(=O)CN(c1ccccc1Cl)S(C)(=O)=O. The molecule has 9 heteroatoms. The number of benzene rings is 2. The third kappa shape index (κ3) is 7.46. The van der Waals surface area contributed by atoms with Crippen molar-refractivity contribution < 1.29 is 18.0 Å². The Morgan fingerprint density at radius 2 is 1.78 bits per heavy atom. The first-order valence-electron chi connectivity index (χ1n) is 12.5. The van der Waals surface area contributed by atoms with E-state index < -0.39 is 28.5 Å². The minimum atomic E-state index is -3.82. The summed E-state index contributed by atoms with van der Waals surface area (Å²) in [4.78, 5) is 28.7. The zero-order chi connectivity index (χ0) is 26.3. The molecular formula is C27H36ClN3O4S. The van der Waals surface area contributed by atoms with Crippen LogP contribution in [0.2, 0.25) is 5.02 Å². The Kier molecular flexibility index (Phi) is 9.79. The van der Waals surface area contributed by atoms with Gasteiger partial charge in [0.1, 0.15) is 12.6 Å². The Morgan fingerprint density at radius 3 is 2.39 bits per heavy atom. The predicted molar refractivity (Wildman–Crippen MR) is 144 cm³/mol. The molecule has 0 heterocycles. The molecule has 2 amide bonds. The maximum atomic E-state index is 13.8. The number of aryl methyl sites for hydroxylation is 1. The number of carbonyl (C=O) groups excluding carboxylic acids is 2. The summed E-state index contributed by atoms with van der Waals surface area (Å²) < 4.78 is 26.4. The van der Waals surface area contributed by atoms with E-state index in [-0.39, 0.29) is 29.2 Å². The molecule has 0 saturated heterocycles. The van der Waals surface area contributed by atoms with Crippen LogP contribution in [0.4, 0.5) is 5.69 Å². The Balaban J connectivity index is 1.92. The maximum absolute atomic E-state index is 13.8. The molecule has 0 radical (unpaired) electrons. The number of carbonyl (C=O) groups is 2. The van der Waals surface area contributed by atoms with E-state index in [0.717, 1.165) is 47.4 Å². The summed E-state index contributed by atoms with van der Waals surface area (Å²) in [6.07, 6.45) is 6.64. The van der Waals surface area contributed by atoms with Crippen LogP contribution in [0.3, 0.4) is 0 Å². The molecule has 3 rings (SSSR count). The molecule has 0 unspecified atom stereocenters. The van der Waals surface area contributed by atoms with Crippen molar-refractivity contribution in [2.75, 3.05) is 17.1 Å². The number of anilines is 1. The van der Waals surface area contributed by atoms with Gasteiger partial charge in [-0.25, -0.2) is 8.42 Å². The minimum Gasteiger partial charge on any atom is -0.352 e. The quantitative estimate of drug-likeness (QED) is 0.481. The van der Waals surface area contributed by atoms with Crippen LogP contribution >= 0.6 is 11.6 Å². The van der Waals surface area contributed by atoms with Gasteiger partial charge in [0.15, 0.2) is 0 Å². The van der Waals surface area contributed by atoms with Crippen LogP contribution < -0.4 is 9.62 Å². The van der Waals surface area contributed by atoms with Gasteiger partial charge < -0.3 is 10.2 Å². The van der Waals surface area contributed by atoms with Crippen molar-refractivity contribution in [1.82, 2.24) is 10.2 Å². The van der Waals surface area contributed by atoms with E-state index in [1.54, 1.807) is 24.3 Å². The summed E-state index contributed by atoms with van der Waals surface area (Å²) in [5.74, 6) is -0.665. The van der Waals surface area contributed by atoms with Gasteiger partial charge in [-0.15, -0.1) is 0 Å². The van der Waals surface area contributed by atoms with Crippen molar-refractivity contribution >= 4 is 39.1 Å². The Labute approximate surface area is 219 Å². The van der Waals surface area contributed by atoms with Gasteiger partial charge in [-0.3, -0.25) is 13.9 Å². The highest BCUT2D eigenvalue weighted by molar-refractivity contribution is 7.92. The lowest BCUT2D eigenvalue weighted by Crippen LogP contribution is -2.54. The van der Waals surface area contributed by atoms with Crippen LogP contribution in [0.5, 0.6) is 0 Å². The molecule has 0 aliphatic heterocycles. The highest BCUT2D eigenvalue weighted by atomic mass is 35.5. The number of amides is 2. The molecule has 1 atom stereocenters. The van der Waals surface area contributed by atoms with Crippen molar-refractivity contribution in [2.24, 2.45) is 0 Å². The first kappa shape index (κ1) is 28.0. The van der Waals surface area contributed by atoms with E-state index >= 15 is 0 Å². The monoisotopic (exact) mass is 533 g/mol. The average molecular weight is 534 g/mol. The summed E-state index contributed by atoms with van der Waals surface area (Å²) in [6.45, 7) is 3.56. The van der Waals surface area contributed by atoms with Crippen molar-refractivity contribution in [3.63, 3.8) is 0 Å². The Hall–Kier alpha value is -2.58. The second kappa shape index (κ2) is 12.6. The molecule has 1 N–H and O–H groups in total. The van der Waals surface area contributed by atoms with E-state index in [1.807, 2.05) is 38.1 Å². The molecule has 0 aromatic heterocycles. The normalized spacial score (nSPS) is 15.2. The maximum Gasteiger partial charge on any atom is 0.244 e. The molecule has 7 nitrogen and oxygen atoms in total. The number of halogens is 1. The number of hydrogen-bond acceptors (Lipinski definition) is 4. The van der Waals surface area contributed by atoms with Gasteiger partial charge in [-0.05, 0) is 43.9 Å². The van der Waals surface area contributed by atoms with Gasteiger partial charge in [0.2, 0.25) is 21.8 Å². The van der Waals surface area contributed by atoms with Gasteiger partial charge in [-0.2, -0.15) is 0 Å². The molecule has 1 aliphatic rings. The van der Waals surface area contributed by atoms with Gasteiger partial charge in [-0.1, -0.05) is 79.7 Å². The molecule has 0 bridgehead atoms. The zero-order valence-corrected chi connectivity index (χ0v) is 22.8. The first-order valence-corrected chi connectivity index (χ1v) is 14.7. The molecule has 1 saturated carbocycles. The van der Waals surface area contributed by atoms with E-state index in [4.69, 9.17) is 11.6 Å². The summed E-state index contributed by atoms with van der Waals surface area (Å²) >= 11 is 6.29. The van der Waals surface area contributed by atoms with Gasteiger partial charge in [0.25, 0.3) is 0 Å². The first-order chi connectivity index (χ1) is 17.1. The van der Waals surface area contributed by atoms with Crippen molar-refractivity contribution in [3.05, 3.63) is 64.7 Å². The Bertz CT molecular complexity index is 1170. The van der Waals surface area contributed by atoms with E-state index in [2.05, 4.69) is 5.32 Å². The Morgan fingerprint density at radius 1 is 1.08 bits per heavy atom. The second-order valence-corrected chi connectivity index (χ2v) is 11.8. The lowest BCUT2D eigenvalue weighted by Gasteiger charge is -2.34. The van der Waals surface area contributed by atoms with Crippen molar-refractivity contribution in [1.29, 1.82) is 0 Å².